The average Bonchev–Trinajstić information content (AvgIpc) is 2.65. The number of hydrogen-bond donors (Lipinski definition) is 1. The number of hydrogen-bond acceptors (Lipinski definition) is 2. The smallest absolute Gasteiger partial charge is 0.0250 e. The molecule has 1 aliphatic rings. The molecule has 0 bridgehead atoms. The molecular formula is C12H24N2. The van der Waals surface area contributed by atoms with Crippen LogP contribution in [0.1, 0.15) is 33.6 Å². The van der Waals surface area contributed by atoms with E-state index in [1.54, 1.807) is 0 Å². The topological polar surface area (TPSA) is 15.3 Å². The molecule has 2 atom stereocenters. The highest BCUT2D eigenvalue weighted by atomic mass is 15.2. The van der Waals surface area contributed by atoms with Gasteiger partial charge in [-0.2, -0.15) is 0 Å². The van der Waals surface area contributed by atoms with E-state index in [0.717, 1.165) is 6.54 Å². The Morgan fingerprint density at radius 3 is 2.64 bits per heavy atom. The summed E-state index contributed by atoms with van der Waals surface area (Å²) < 4.78 is 0. The Bertz CT molecular complexity index is 171. The van der Waals surface area contributed by atoms with Crippen LogP contribution in [0.15, 0.2) is 12.7 Å². The van der Waals surface area contributed by atoms with Gasteiger partial charge in [0.1, 0.15) is 0 Å². The summed E-state index contributed by atoms with van der Waals surface area (Å²) in [5.74, 6) is 0. The summed E-state index contributed by atoms with van der Waals surface area (Å²) in [6, 6.07) is 1.78. The summed E-state index contributed by atoms with van der Waals surface area (Å²) >= 11 is 0. The van der Waals surface area contributed by atoms with Crippen LogP contribution in [-0.4, -0.2) is 36.1 Å². The molecule has 2 nitrogen and oxygen atoms in total. The maximum atomic E-state index is 3.88. The fourth-order valence-electron chi connectivity index (χ4n) is 2.15. The average molecular weight is 196 g/mol. The van der Waals surface area contributed by atoms with Crippen molar-refractivity contribution in [1.29, 1.82) is 0 Å². The molecule has 1 heterocycles. The summed E-state index contributed by atoms with van der Waals surface area (Å²) in [4.78, 5) is 2.51. The van der Waals surface area contributed by atoms with Gasteiger partial charge in [-0.15, -0.1) is 6.58 Å². The van der Waals surface area contributed by atoms with Gasteiger partial charge in [0.05, 0.1) is 0 Å². The van der Waals surface area contributed by atoms with Gasteiger partial charge in [0.2, 0.25) is 0 Å². The summed E-state index contributed by atoms with van der Waals surface area (Å²) in [6.45, 7) is 13.0. The number of nitrogens with zero attached hydrogens (tertiary/aromatic N) is 1. The van der Waals surface area contributed by atoms with E-state index in [1.807, 2.05) is 6.08 Å². The molecule has 2 heteroatoms. The highest BCUT2D eigenvalue weighted by Gasteiger charge is 2.21. The van der Waals surface area contributed by atoms with Crippen LogP contribution >= 0.6 is 0 Å². The molecular weight excluding hydrogens is 172 g/mol. The Balaban J connectivity index is 2.45. The van der Waals surface area contributed by atoms with Crippen molar-refractivity contribution in [2.24, 2.45) is 0 Å². The summed E-state index contributed by atoms with van der Waals surface area (Å²) in [5.41, 5.74) is 0. The van der Waals surface area contributed by atoms with Crippen LogP contribution in [-0.2, 0) is 0 Å². The largest absolute Gasteiger partial charge is 0.313 e. The van der Waals surface area contributed by atoms with E-state index in [0.29, 0.717) is 18.1 Å². The molecule has 0 saturated carbocycles. The molecule has 0 spiro atoms. The third kappa shape index (κ3) is 3.10. The second-order valence-corrected chi connectivity index (χ2v) is 4.56. The third-order valence-electron chi connectivity index (χ3n) is 3.12. The predicted molar refractivity (Wildman–Crippen MR) is 62.5 cm³/mol. The van der Waals surface area contributed by atoms with Crippen LogP contribution in [0.3, 0.4) is 0 Å². The zero-order valence-corrected chi connectivity index (χ0v) is 9.79. The van der Waals surface area contributed by atoms with Crippen molar-refractivity contribution in [2.75, 3.05) is 13.1 Å². The molecule has 0 aromatic rings. The van der Waals surface area contributed by atoms with Gasteiger partial charge in [0.15, 0.2) is 0 Å². The van der Waals surface area contributed by atoms with E-state index in [-0.39, 0.29) is 0 Å². The van der Waals surface area contributed by atoms with Crippen molar-refractivity contribution in [2.45, 2.75) is 51.7 Å². The van der Waals surface area contributed by atoms with Gasteiger partial charge >= 0.3 is 0 Å². The first-order valence-corrected chi connectivity index (χ1v) is 5.76. The minimum Gasteiger partial charge on any atom is -0.313 e. The predicted octanol–water partition coefficient (Wildman–Crippen LogP) is 2.02. The summed E-state index contributed by atoms with van der Waals surface area (Å²) in [7, 11) is 0. The van der Waals surface area contributed by atoms with Crippen LogP contribution in [0.25, 0.3) is 0 Å². The minimum absolute atomic E-state index is 0.484. The quantitative estimate of drug-likeness (QED) is 0.677. The van der Waals surface area contributed by atoms with Crippen LogP contribution < -0.4 is 5.32 Å². The Morgan fingerprint density at radius 2 is 2.21 bits per heavy atom. The van der Waals surface area contributed by atoms with Gasteiger partial charge in [-0.1, -0.05) is 6.08 Å². The highest BCUT2D eigenvalue weighted by molar-refractivity contribution is 4.89. The van der Waals surface area contributed by atoms with Gasteiger partial charge in [-0.25, -0.2) is 0 Å². The second kappa shape index (κ2) is 5.52. The van der Waals surface area contributed by atoms with Gasteiger partial charge in [-0.05, 0) is 40.2 Å². The zero-order valence-electron chi connectivity index (χ0n) is 9.79. The molecule has 2 unspecified atom stereocenters. The van der Waals surface area contributed by atoms with Crippen LogP contribution in [0, 0.1) is 0 Å². The fourth-order valence-corrected chi connectivity index (χ4v) is 2.15. The van der Waals surface area contributed by atoms with E-state index in [9.17, 15) is 0 Å². The second-order valence-electron chi connectivity index (χ2n) is 4.56. The van der Waals surface area contributed by atoms with Crippen LogP contribution in [0.4, 0.5) is 0 Å². The molecule has 1 fully saturated rings. The lowest BCUT2D eigenvalue weighted by molar-refractivity contribution is 0.175. The molecule has 0 radical (unpaired) electrons. The standard InChI is InChI=1S/C12H24N2/c1-5-11(4)14(10(2)3)9-12-7-6-8-13-12/h5,10-13H,1,6-9H2,2-4H3. The van der Waals surface area contributed by atoms with E-state index >= 15 is 0 Å². The molecule has 1 saturated heterocycles. The third-order valence-corrected chi connectivity index (χ3v) is 3.12. The Kier molecular flexibility index (Phi) is 4.63. The summed E-state index contributed by atoms with van der Waals surface area (Å²) in [6.07, 6.45) is 4.70. The fraction of sp³-hybridized carbons (Fsp3) is 0.833. The molecule has 0 aromatic heterocycles. The molecule has 1 N–H and O–H groups in total. The van der Waals surface area contributed by atoms with Crippen molar-refractivity contribution in [1.82, 2.24) is 10.2 Å². The summed E-state index contributed by atoms with van der Waals surface area (Å²) in [5, 5.41) is 3.54. The Morgan fingerprint density at radius 1 is 1.50 bits per heavy atom. The Hall–Kier alpha value is -0.340. The van der Waals surface area contributed by atoms with Crippen LogP contribution in [0.5, 0.6) is 0 Å². The zero-order chi connectivity index (χ0) is 10.6. The van der Waals surface area contributed by atoms with E-state index in [1.165, 1.54) is 19.4 Å². The first-order chi connectivity index (χ1) is 6.65. The SMILES string of the molecule is C=CC(C)N(CC1CCCN1)C(C)C. The maximum absolute atomic E-state index is 3.88. The minimum atomic E-state index is 0.484. The molecule has 82 valence electrons. The van der Waals surface area contributed by atoms with Gasteiger partial charge in [0, 0.05) is 24.7 Å². The van der Waals surface area contributed by atoms with Crippen molar-refractivity contribution >= 4 is 0 Å². The molecule has 14 heavy (non-hydrogen) atoms. The van der Waals surface area contributed by atoms with Crippen molar-refractivity contribution in [3.8, 4) is 0 Å². The highest BCUT2D eigenvalue weighted by Crippen LogP contribution is 2.12. The first-order valence-electron chi connectivity index (χ1n) is 5.76. The normalized spacial score (nSPS) is 24.5. The van der Waals surface area contributed by atoms with Gasteiger partial charge in [-0.3, -0.25) is 4.90 Å². The molecule has 0 aliphatic carbocycles. The molecule has 0 amide bonds. The maximum Gasteiger partial charge on any atom is 0.0250 e. The number of rotatable bonds is 5. The van der Waals surface area contributed by atoms with E-state index < -0.39 is 0 Å². The monoisotopic (exact) mass is 196 g/mol. The van der Waals surface area contributed by atoms with Gasteiger partial charge in [0.25, 0.3) is 0 Å². The van der Waals surface area contributed by atoms with Gasteiger partial charge < -0.3 is 5.32 Å². The van der Waals surface area contributed by atoms with Crippen LogP contribution in [0.2, 0.25) is 0 Å². The molecule has 1 rings (SSSR count). The van der Waals surface area contributed by atoms with Crippen molar-refractivity contribution in [3.63, 3.8) is 0 Å². The lowest BCUT2D eigenvalue weighted by Gasteiger charge is -2.33. The lowest BCUT2D eigenvalue weighted by atomic mass is 10.1. The lowest BCUT2D eigenvalue weighted by Crippen LogP contribution is -2.45. The molecule has 1 aliphatic heterocycles. The van der Waals surface area contributed by atoms with E-state index in [2.05, 4.69) is 37.6 Å². The van der Waals surface area contributed by atoms with Crippen molar-refractivity contribution < 1.29 is 0 Å². The van der Waals surface area contributed by atoms with Crippen molar-refractivity contribution in [3.05, 3.63) is 12.7 Å². The Labute approximate surface area is 88.4 Å². The number of nitrogens with one attached hydrogen (secondary N) is 1. The first kappa shape index (κ1) is 11.7. The van der Waals surface area contributed by atoms with E-state index in [4.69, 9.17) is 0 Å². The molecule has 0 aromatic carbocycles.